The van der Waals surface area contributed by atoms with Crippen LogP contribution in [-0.4, -0.2) is 29.0 Å². The minimum absolute atomic E-state index is 0.142. The normalized spacial score (nSPS) is 21.0. The molecule has 0 saturated carbocycles. The van der Waals surface area contributed by atoms with Crippen molar-refractivity contribution in [3.8, 4) is 0 Å². The first kappa shape index (κ1) is 12.0. The Balaban J connectivity index is 2.19. The molecule has 1 aliphatic rings. The Kier molecular flexibility index (Phi) is 3.40. The molecule has 0 aliphatic carbocycles. The Bertz CT molecular complexity index is 403. The van der Waals surface area contributed by atoms with Crippen LogP contribution in [0.25, 0.3) is 0 Å². The molecule has 0 amide bonds. The third kappa shape index (κ3) is 2.45. The zero-order valence-corrected chi connectivity index (χ0v) is 10.1. The summed E-state index contributed by atoms with van der Waals surface area (Å²) in [5, 5.41) is 14.0. The lowest BCUT2D eigenvalue weighted by atomic mass is 10.1. The molecule has 2 rings (SSSR count). The fourth-order valence-electron chi connectivity index (χ4n) is 2.22. The smallest absolute Gasteiger partial charge is 0.269 e. The highest BCUT2D eigenvalue weighted by Crippen LogP contribution is 2.25. The van der Waals surface area contributed by atoms with Crippen LogP contribution < -0.4 is 5.32 Å². The van der Waals surface area contributed by atoms with E-state index in [0.29, 0.717) is 6.04 Å². The molecule has 1 aliphatic heterocycles. The standard InChI is InChI=1S/C12H17N3O2/c1-9(2)14-8-7-13-12(14)10-3-5-11(6-4-10)15(16)17/h3-6,9,12-13H,7-8H2,1-2H3. The maximum absolute atomic E-state index is 10.6. The number of nitrogens with one attached hydrogen (secondary N) is 1. The van der Waals surface area contributed by atoms with Gasteiger partial charge in [0.25, 0.3) is 5.69 Å². The predicted molar refractivity (Wildman–Crippen MR) is 65.7 cm³/mol. The lowest BCUT2D eigenvalue weighted by Crippen LogP contribution is -2.33. The van der Waals surface area contributed by atoms with Crippen molar-refractivity contribution in [2.45, 2.75) is 26.1 Å². The average molecular weight is 235 g/mol. The number of benzene rings is 1. The van der Waals surface area contributed by atoms with Crippen LogP contribution in [0.4, 0.5) is 5.69 Å². The van der Waals surface area contributed by atoms with E-state index in [4.69, 9.17) is 0 Å². The Morgan fingerprint density at radius 1 is 1.41 bits per heavy atom. The van der Waals surface area contributed by atoms with E-state index in [2.05, 4.69) is 24.1 Å². The molecule has 1 saturated heterocycles. The van der Waals surface area contributed by atoms with E-state index in [1.54, 1.807) is 12.1 Å². The minimum atomic E-state index is -0.369. The van der Waals surface area contributed by atoms with Gasteiger partial charge >= 0.3 is 0 Å². The molecular weight excluding hydrogens is 218 g/mol. The van der Waals surface area contributed by atoms with Gasteiger partial charge in [0, 0.05) is 31.3 Å². The maximum atomic E-state index is 10.6. The van der Waals surface area contributed by atoms with Crippen LogP contribution >= 0.6 is 0 Å². The molecule has 5 heteroatoms. The Morgan fingerprint density at radius 3 is 2.59 bits per heavy atom. The molecule has 1 heterocycles. The molecule has 0 radical (unpaired) electrons. The van der Waals surface area contributed by atoms with Gasteiger partial charge in [0.05, 0.1) is 11.1 Å². The monoisotopic (exact) mass is 235 g/mol. The molecule has 1 unspecified atom stereocenters. The van der Waals surface area contributed by atoms with Gasteiger partial charge in [-0.3, -0.25) is 20.3 Å². The van der Waals surface area contributed by atoms with Crippen molar-refractivity contribution < 1.29 is 4.92 Å². The van der Waals surface area contributed by atoms with Gasteiger partial charge in [-0.1, -0.05) is 0 Å². The van der Waals surface area contributed by atoms with Crippen LogP contribution in [0.1, 0.15) is 25.6 Å². The van der Waals surface area contributed by atoms with Crippen molar-refractivity contribution in [3.63, 3.8) is 0 Å². The van der Waals surface area contributed by atoms with Crippen LogP contribution in [0.3, 0.4) is 0 Å². The fourth-order valence-corrected chi connectivity index (χ4v) is 2.22. The van der Waals surface area contributed by atoms with Gasteiger partial charge in [-0.2, -0.15) is 0 Å². The third-order valence-corrected chi connectivity index (χ3v) is 3.12. The van der Waals surface area contributed by atoms with Gasteiger partial charge in [-0.05, 0) is 31.5 Å². The van der Waals surface area contributed by atoms with Crippen LogP contribution in [0.2, 0.25) is 0 Å². The summed E-state index contributed by atoms with van der Waals surface area (Å²) in [5.41, 5.74) is 1.23. The summed E-state index contributed by atoms with van der Waals surface area (Å²) < 4.78 is 0. The second-order valence-electron chi connectivity index (χ2n) is 4.54. The summed E-state index contributed by atoms with van der Waals surface area (Å²) in [6.07, 6.45) is 0.177. The molecule has 1 fully saturated rings. The van der Waals surface area contributed by atoms with E-state index >= 15 is 0 Å². The number of nitrogens with zero attached hydrogens (tertiary/aromatic N) is 2. The number of hydrogen-bond acceptors (Lipinski definition) is 4. The first-order chi connectivity index (χ1) is 8.09. The summed E-state index contributed by atoms with van der Waals surface area (Å²) in [5.74, 6) is 0. The molecular formula is C12H17N3O2. The lowest BCUT2D eigenvalue weighted by molar-refractivity contribution is -0.384. The quantitative estimate of drug-likeness (QED) is 0.642. The highest BCUT2D eigenvalue weighted by molar-refractivity contribution is 5.34. The van der Waals surface area contributed by atoms with Crippen molar-refractivity contribution in [3.05, 3.63) is 39.9 Å². The Morgan fingerprint density at radius 2 is 2.06 bits per heavy atom. The molecule has 92 valence electrons. The van der Waals surface area contributed by atoms with E-state index in [0.717, 1.165) is 18.7 Å². The zero-order valence-electron chi connectivity index (χ0n) is 10.1. The largest absolute Gasteiger partial charge is 0.297 e. The SMILES string of the molecule is CC(C)N1CCNC1c1ccc([N+](=O)[O-])cc1. The van der Waals surface area contributed by atoms with Crippen LogP contribution in [0.15, 0.2) is 24.3 Å². The fraction of sp³-hybridized carbons (Fsp3) is 0.500. The van der Waals surface area contributed by atoms with Gasteiger partial charge in [0.2, 0.25) is 0 Å². The number of rotatable bonds is 3. The topological polar surface area (TPSA) is 58.4 Å². The number of non-ortho nitro benzene ring substituents is 1. The lowest BCUT2D eigenvalue weighted by Gasteiger charge is -2.27. The van der Waals surface area contributed by atoms with Crippen molar-refractivity contribution in [1.82, 2.24) is 10.2 Å². The molecule has 0 bridgehead atoms. The van der Waals surface area contributed by atoms with Gasteiger partial charge in [-0.25, -0.2) is 0 Å². The molecule has 1 aromatic rings. The number of nitro groups is 1. The summed E-state index contributed by atoms with van der Waals surface area (Å²) in [6, 6.07) is 7.25. The predicted octanol–water partition coefficient (Wildman–Crippen LogP) is 1.91. The van der Waals surface area contributed by atoms with Gasteiger partial charge in [0.15, 0.2) is 0 Å². The van der Waals surface area contributed by atoms with Crippen molar-refractivity contribution >= 4 is 5.69 Å². The second-order valence-corrected chi connectivity index (χ2v) is 4.54. The van der Waals surface area contributed by atoms with Gasteiger partial charge < -0.3 is 0 Å². The summed E-state index contributed by atoms with van der Waals surface area (Å²) >= 11 is 0. The van der Waals surface area contributed by atoms with E-state index in [1.165, 1.54) is 0 Å². The summed E-state index contributed by atoms with van der Waals surface area (Å²) in [7, 11) is 0. The Labute approximate surface area is 101 Å². The molecule has 1 N–H and O–H groups in total. The van der Waals surface area contributed by atoms with Crippen LogP contribution in [0, 0.1) is 10.1 Å². The average Bonchev–Trinajstić information content (AvgIpc) is 2.78. The first-order valence-corrected chi connectivity index (χ1v) is 5.83. The van der Waals surface area contributed by atoms with E-state index in [9.17, 15) is 10.1 Å². The molecule has 1 atom stereocenters. The number of nitro benzene ring substituents is 1. The maximum Gasteiger partial charge on any atom is 0.269 e. The molecule has 0 spiro atoms. The second kappa shape index (κ2) is 4.81. The summed E-state index contributed by atoms with van der Waals surface area (Å²) in [4.78, 5) is 12.6. The first-order valence-electron chi connectivity index (χ1n) is 5.83. The molecule has 1 aromatic carbocycles. The Hall–Kier alpha value is -1.46. The summed E-state index contributed by atoms with van der Waals surface area (Å²) in [6.45, 7) is 6.29. The molecule has 17 heavy (non-hydrogen) atoms. The van der Waals surface area contributed by atoms with Gasteiger partial charge in [-0.15, -0.1) is 0 Å². The third-order valence-electron chi connectivity index (χ3n) is 3.12. The van der Waals surface area contributed by atoms with E-state index in [1.807, 2.05) is 12.1 Å². The molecule has 5 nitrogen and oxygen atoms in total. The molecule has 0 aromatic heterocycles. The van der Waals surface area contributed by atoms with E-state index in [-0.39, 0.29) is 16.8 Å². The van der Waals surface area contributed by atoms with Gasteiger partial charge in [0.1, 0.15) is 0 Å². The highest BCUT2D eigenvalue weighted by Gasteiger charge is 2.27. The zero-order chi connectivity index (χ0) is 12.4. The van der Waals surface area contributed by atoms with E-state index < -0.39 is 0 Å². The van der Waals surface area contributed by atoms with Crippen LogP contribution in [0.5, 0.6) is 0 Å². The van der Waals surface area contributed by atoms with Crippen LogP contribution in [-0.2, 0) is 0 Å². The minimum Gasteiger partial charge on any atom is -0.297 e. The number of hydrogen-bond donors (Lipinski definition) is 1. The highest BCUT2D eigenvalue weighted by atomic mass is 16.6. The van der Waals surface area contributed by atoms with Crippen molar-refractivity contribution in [1.29, 1.82) is 0 Å². The van der Waals surface area contributed by atoms with Crippen molar-refractivity contribution in [2.75, 3.05) is 13.1 Å². The van der Waals surface area contributed by atoms with Crippen molar-refractivity contribution in [2.24, 2.45) is 0 Å².